The molecule has 0 atom stereocenters. The number of ether oxygens (including phenoxy) is 2. The lowest BCUT2D eigenvalue weighted by Gasteiger charge is -2.15. The number of halogens is 1. The number of rotatable bonds is 6. The smallest absolute Gasteiger partial charge is 0.325 e. The van der Waals surface area contributed by atoms with Crippen molar-refractivity contribution in [2.75, 3.05) is 27.3 Å². The monoisotopic (exact) mass is 285 g/mol. The minimum atomic E-state index is -0.452. The quantitative estimate of drug-likeness (QED) is 0.747. The van der Waals surface area contributed by atoms with E-state index in [1.54, 1.807) is 31.3 Å². The highest BCUT2D eigenvalue weighted by Crippen LogP contribution is 2.17. The molecular weight excluding hydrogens is 270 g/mol. The van der Waals surface area contributed by atoms with E-state index in [1.165, 1.54) is 12.0 Å². The third-order valence-corrected chi connectivity index (χ3v) is 2.64. The Morgan fingerprint density at radius 3 is 2.74 bits per heavy atom. The Morgan fingerprint density at radius 2 is 2.11 bits per heavy atom. The topological polar surface area (TPSA) is 55.8 Å². The molecule has 0 saturated carbocycles. The molecule has 1 aromatic rings. The van der Waals surface area contributed by atoms with Gasteiger partial charge in [-0.25, -0.2) is 0 Å². The summed E-state index contributed by atoms with van der Waals surface area (Å²) in [7, 11) is 2.82. The maximum absolute atomic E-state index is 11.7. The van der Waals surface area contributed by atoms with E-state index in [2.05, 4.69) is 4.74 Å². The second-order valence-corrected chi connectivity index (χ2v) is 4.32. The predicted octanol–water partition coefficient (Wildman–Crippen LogP) is 1.74. The van der Waals surface area contributed by atoms with E-state index in [4.69, 9.17) is 16.3 Å². The van der Waals surface area contributed by atoms with Crippen molar-refractivity contribution in [3.8, 4) is 5.75 Å². The van der Waals surface area contributed by atoms with Crippen LogP contribution in [-0.2, 0) is 14.3 Å². The largest absolute Gasteiger partial charge is 0.493 e. The SMILES string of the molecule is COC(=O)CN(C)C(=O)CCOc1cccc(Cl)c1. The first-order valence-corrected chi connectivity index (χ1v) is 6.10. The highest BCUT2D eigenvalue weighted by atomic mass is 35.5. The van der Waals surface area contributed by atoms with Gasteiger partial charge in [-0.3, -0.25) is 9.59 Å². The van der Waals surface area contributed by atoms with Crippen molar-refractivity contribution >= 4 is 23.5 Å². The average molecular weight is 286 g/mol. The molecule has 0 aromatic heterocycles. The van der Waals surface area contributed by atoms with Gasteiger partial charge in [0.2, 0.25) is 5.91 Å². The lowest BCUT2D eigenvalue weighted by atomic mass is 10.3. The second kappa shape index (κ2) is 7.63. The molecule has 19 heavy (non-hydrogen) atoms. The van der Waals surface area contributed by atoms with Crippen molar-refractivity contribution in [3.63, 3.8) is 0 Å². The van der Waals surface area contributed by atoms with Crippen LogP contribution in [0.2, 0.25) is 5.02 Å². The van der Waals surface area contributed by atoms with Gasteiger partial charge in [0.05, 0.1) is 20.1 Å². The van der Waals surface area contributed by atoms with E-state index in [-0.39, 0.29) is 25.5 Å². The molecule has 1 aromatic carbocycles. The van der Waals surface area contributed by atoms with Crippen LogP contribution in [0.5, 0.6) is 5.75 Å². The molecule has 0 radical (unpaired) electrons. The minimum absolute atomic E-state index is 0.0630. The standard InChI is InChI=1S/C13H16ClNO4/c1-15(9-13(17)18-2)12(16)6-7-19-11-5-3-4-10(14)8-11/h3-5,8H,6-7,9H2,1-2H3. The summed E-state index contributed by atoms with van der Waals surface area (Å²) in [5.41, 5.74) is 0. The molecule has 104 valence electrons. The van der Waals surface area contributed by atoms with Crippen LogP contribution in [0.1, 0.15) is 6.42 Å². The number of nitrogens with zero attached hydrogens (tertiary/aromatic N) is 1. The van der Waals surface area contributed by atoms with Gasteiger partial charge in [0, 0.05) is 12.1 Å². The van der Waals surface area contributed by atoms with E-state index in [0.29, 0.717) is 10.8 Å². The second-order valence-electron chi connectivity index (χ2n) is 3.88. The van der Waals surface area contributed by atoms with Gasteiger partial charge in [-0.15, -0.1) is 0 Å². The highest BCUT2D eigenvalue weighted by molar-refractivity contribution is 6.30. The maximum atomic E-state index is 11.7. The number of esters is 1. The van der Waals surface area contributed by atoms with Crippen molar-refractivity contribution in [2.24, 2.45) is 0 Å². The number of hydrogen-bond acceptors (Lipinski definition) is 4. The summed E-state index contributed by atoms with van der Waals surface area (Å²) in [6, 6.07) is 6.94. The van der Waals surface area contributed by atoms with Gasteiger partial charge >= 0.3 is 5.97 Å². The Kier molecular flexibility index (Phi) is 6.15. The number of carbonyl (C=O) groups excluding carboxylic acids is 2. The van der Waals surface area contributed by atoms with Crippen molar-refractivity contribution in [2.45, 2.75) is 6.42 Å². The molecule has 1 rings (SSSR count). The highest BCUT2D eigenvalue weighted by Gasteiger charge is 2.12. The number of hydrogen-bond donors (Lipinski definition) is 0. The fourth-order valence-electron chi connectivity index (χ4n) is 1.35. The molecule has 1 amide bonds. The Labute approximate surface area is 117 Å². The Bertz CT molecular complexity index is 450. The Morgan fingerprint density at radius 1 is 1.37 bits per heavy atom. The van der Waals surface area contributed by atoms with Crippen molar-refractivity contribution in [3.05, 3.63) is 29.3 Å². The first-order valence-electron chi connectivity index (χ1n) is 5.72. The normalized spacial score (nSPS) is 9.84. The summed E-state index contributed by atoms with van der Waals surface area (Å²) in [6.45, 7) is 0.164. The molecule has 0 fully saturated rings. The zero-order valence-corrected chi connectivity index (χ0v) is 11.6. The Balaban J connectivity index is 2.32. The van der Waals surface area contributed by atoms with Crippen molar-refractivity contribution < 1.29 is 19.1 Å². The van der Waals surface area contributed by atoms with Gasteiger partial charge in [0.1, 0.15) is 12.3 Å². The molecule has 0 heterocycles. The number of benzene rings is 1. The average Bonchev–Trinajstić information content (AvgIpc) is 2.38. The van der Waals surface area contributed by atoms with Crippen LogP contribution < -0.4 is 4.74 Å². The first kappa shape index (κ1) is 15.3. The molecule has 0 aliphatic carbocycles. The Hall–Kier alpha value is -1.75. The number of likely N-dealkylation sites (N-methyl/N-ethyl adjacent to an activating group) is 1. The molecule has 0 aliphatic heterocycles. The van der Waals surface area contributed by atoms with Gasteiger partial charge in [0.25, 0.3) is 0 Å². The van der Waals surface area contributed by atoms with Crippen molar-refractivity contribution in [1.29, 1.82) is 0 Å². The van der Waals surface area contributed by atoms with E-state index in [0.717, 1.165) is 0 Å². The summed E-state index contributed by atoms with van der Waals surface area (Å²) in [6.07, 6.45) is 0.181. The molecule has 0 spiro atoms. The molecule has 0 aliphatic rings. The van der Waals surface area contributed by atoms with Crippen LogP contribution in [0.25, 0.3) is 0 Å². The molecule has 0 N–H and O–H groups in total. The van der Waals surface area contributed by atoms with E-state index < -0.39 is 5.97 Å². The van der Waals surface area contributed by atoms with Gasteiger partial charge < -0.3 is 14.4 Å². The molecule has 0 unspecified atom stereocenters. The number of methoxy groups -OCH3 is 1. The molecular formula is C13H16ClNO4. The van der Waals surface area contributed by atoms with Crippen LogP contribution >= 0.6 is 11.6 Å². The summed E-state index contributed by atoms with van der Waals surface area (Å²) in [4.78, 5) is 24.0. The summed E-state index contributed by atoms with van der Waals surface area (Å²) in [5.74, 6) is -0.0324. The lowest BCUT2D eigenvalue weighted by molar-refractivity contribution is -0.146. The maximum Gasteiger partial charge on any atom is 0.325 e. The van der Waals surface area contributed by atoms with Gasteiger partial charge in [-0.2, -0.15) is 0 Å². The van der Waals surface area contributed by atoms with Crippen LogP contribution in [-0.4, -0.2) is 44.1 Å². The molecule has 0 saturated heterocycles. The van der Waals surface area contributed by atoms with Crippen LogP contribution in [0, 0.1) is 0 Å². The summed E-state index contributed by atoms with van der Waals surface area (Å²) >= 11 is 5.80. The lowest BCUT2D eigenvalue weighted by Crippen LogP contribution is -2.33. The van der Waals surface area contributed by atoms with Gasteiger partial charge in [0.15, 0.2) is 0 Å². The van der Waals surface area contributed by atoms with Gasteiger partial charge in [-0.1, -0.05) is 17.7 Å². The third-order valence-electron chi connectivity index (χ3n) is 2.40. The third kappa shape index (κ3) is 5.61. The fourth-order valence-corrected chi connectivity index (χ4v) is 1.53. The molecule has 6 heteroatoms. The fraction of sp³-hybridized carbons (Fsp3) is 0.385. The number of amides is 1. The number of carbonyl (C=O) groups is 2. The summed E-state index contributed by atoms with van der Waals surface area (Å²) in [5, 5.41) is 0.576. The van der Waals surface area contributed by atoms with Crippen molar-refractivity contribution in [1.82, 2.24) is 4.90 Å². The van der Waals surface area contributed by atoms with Crippen LogP contribution in [0.3, 0.4) is 0 Å². The minimum Gasteiger partial charge on any atom is -0.493 e. The predicted molar refractivity (Wildman–Crippen MR) is 71.2 cm³/mol. The zero-order chi connectivity index (χ0) is 14.3. The summed E-state index contributed by atoms with van der Waals surface area (Å²) < 4.78 is 9.87. The zero-order valence-electron chi connectivity index (χ0n) is 10.9. The first-order chi connectivity index (χ1) is 9.02. The van der Waals surface area contributed by atoms with Crippen LogP contribution in [0.15, 0.2) is 24.3 Å². The van der Waals surface area contributed by atoms with E-state index in [9.17, 15) is 9.59 Å². The molecule has 0 bridgehead atoms. The van der Waals surface area contributed by atoms with E-state index in [1.807, 2.05) is 0 Å². The van der Waals surface area contributed by atoms with E-state index >= 15 is 0 Å². The molecule has 5 nitrogen and oxygen atoms in total. The van der Waals surface area contributed by atoms with Gasteiger partial charge in [-0.05, 0) is 18.2 Å². The van der Waals surface area contributed by atoms with Crippen LogP contribution in [0.4, 0.5) is 0 Å².